The first-order valence-electron chi connectivity index (χ1n) is 9.33. The molecule has 0 spiro atoms. The van der Waals surface area contributed by atoms with Crippen molar-refractivity contribution in [2.75, 3.05) is 13.1 Å². The van der Waals surface area contributed by atoms with Crippen LogP contribution in [-0.4, -0.2) is 33.6 Å². The molecule has 0 N–H and O–H groups in total. The van der Waals surface area contributed by atoms with E-state index in [-0.39, 0.29) is 0 Å². The number of likely N-dealkylation sites (tertiary alicyclic amines) is 1. The largest absolute Gasteiger partial charge is 0.348 e. The molecule has 0 bridgehead atoms. The fraction of sp³-hybridized carbons (Fsp3) is 0.364. The summed E-state index contributed by atoms with van der Waals surface area (Å²) in [5.74, 6) is 0. The van der Waals surface area contributed by atoms with Gasteiger partial charge in [-0.05, 0) is 56.1 Å². The van der Waals surface area contributed by atoms with Crippen LogP contribution in [-0.2, 0) is 13.5 Å². The maximum atomic E-state index is 9.09. The number of benzene rings is 1. The predicted octanol–water partition coefficient (Wildman–Crippen LogP) is 4.14. The van der Waals surface area contributed by atoms with Crippen LogP contribution in [0.4, 0.5) is 0 Å². The summed E-state index contributed by atoms with van der Waals surface area (Å²) in [4.78, 5) is 6.78. The van der Waals surface area contributed by atoms with Gasteiger partial charge in [-0.2, -0.15) is 5.26 Å². The summed E-state index contributed by atoms with van der Waals surface area (Å²) < 4.78 is 2.31. The Morgan fingerprint density at radius 3 is 2.85 bits per heavy atom. The number of nitriles is 1. The van der Waals surface area contributed by atoms with Gasteiger partial charge in [-0.25, -0.2) is 0 Å². The Balaban J connectivity index is 1.61. The fourth-order valence-corrected chi connectivity index (χ4v) is 4.07. The lowest BCUT2D eigenvalue weighted by Gasteiger charge is -2.20. The fourth-order valence-electron chi connectivity index (χ4n) is 4.07. The number of aryl methyl sites for hydroxylation is 1. The number of nitrogens with zero attached hydrogens (tertiary/aromatic N) is 4. The summed E-state index contributed by atoms with van der Waals surface area (Å²) in [6.07, 6.45) is 7.16. The van der Waals surface area contributed by atoms with Crippen LogP contribution < -0.4 is 0 Å². The van der Waals surface area contributed by atoms with Crippen LogP contribution in [0.2, 0.25) is 0 Å². The van der Waals surface area contributed by atoms with Crippen molar-refractivity contribution in [1.29, 1.82) is 5.26 Å². The highest BCUT2D eigenvalue weighted by atomic mass is 15.2. The monoisotopic (exact) mass is 344 g/mol. The highest BCUT2D eigenvalue weighted by Crippen LogP contribution is 2.27. The molecule has 0 unspecified atom stereocenters. The number of pyridine rings is 1. The van der Waals surface area contributed by atoms with E-state index < -0.39 is 0 Å². The van der Waals surface area contributed by atoms with Gasteiger partial charge in [0.1, 0.15) is 6.07 Å². The van der Waals surface area contributed by atoms with Crippen LogP contribution in [0.5, 0.6) is 0 Å². The summed E-state index contributed by atoms with van der Waals surface area (Å²) in [7, 11) is 2.16. The van der Waals surface area contributed by atoms with Gasteiger partial charge < -0.3 is 9.47 Å². The van der Waals surface area contributed by atoms with Crippen molar-refractivity contribution in [3.05, 3.63) is 54.0 Å². The molecule has 0 aliphatic carbocycles. The molecule has 1 saturated heterocycles. The smallest absolute Gasteiger partial charge is 0.101 e. The molecule has 1 aliphatic heterocycles. The molecule has 0 amide bonds. The lowest BCUT2D eigenvalue weighted by molar-refractivity contribution is 0.271. The molecule has 4 heteroatoms. The van der Waals surface area contributed by atoms with Crippen LogP contribution in [0.25, 0.3) is 22.0 Å². The van der Waals surface area contributed by atoms with E-state index in [0.29, 0.717) is 5.56 Å². The lowest BCUT2D eigenvalue weighted by Crippen LogP contribution is -2.29. The number of aromatic nitrogens is 2. The first kappa shape index (κ1) is 16.8. The van der Waals surface area contributed by atoms with Crippen LogP contribution in [0.1, 0.15) is 31.0 Å². The van der Waals surface area contributed by atoms with E-state index in [1.165, 1.54) is 36.0 Å². The maximum absolute atomic E-state index is 9.09. The van der Waals surface area contributed by atoms with Crippen molar-refractivity contribution < 1.29 is 0 Å². The Kier molecular flexibility index (Phi) is 4.48. The normalized spacial score (nSPS) is 17.7. The summed E-state index contributed by atoms with van der Waals surface area (Å²) in [6.45, 7) is 4.70. The summed E-state index contributed by atoms with van der Waals surface area (Å²) in [5.41, 5.74) is 5.31. The van der Waals surface area contributed by atoms with Gasteiger partial charge in [0.25, 0.3) is 0 Å². The first-order chi connectivity index (χ1) is 12.7. The first-order valence-corrected chi connectivity index (χ1v) is 9.33. The second-order valence-corrected chi connectivity index (χ2v) is 7.32. The topological polar surface area (TPSA) is 44.9 Å². The number of rotatable bonds is 4. The van der Waals surface area contributed by atoms with Gasteiger partial charge in [-0.15, -0.1) is 0 Å². The summed E-state index contributed by atoms with van der Waals surface area (Å²) in [6, 6.07) is 13.6. The second kappa shape index (κ2) is 6.93. The number of hydrogen-bond acceptors (Lipinski definition) is 3. The van der Waals surface area contributed by atoms with E-state index in [1.54, 1.807) is 6.20 Å². The molecule has 3 heterocycles. The number of hydrogen-bond donors (Lipinski definition) is 0. The average molecular weight is 344 g/mol. The molecule has 0 saturated carbocycles. The minimum atomic E-state index is 0.594. The number of fused-ring (bicyclic) bond motifs is 1. The van der Waals surface area contributed by atoms with Gasteiger partial charge in [0.15, 0.2) is 0 Å². The highest BCUT2D eigenvalue weighted by Gasteiger charge is 2.20. The Labute approximate surface area is 154 Å². The summed E-state index contributed by atoms with van der Waals surface area (Å²) in [5, 5.41) is 10.3. The van der Waals surface area contributed by atoms with Crippen molar-refractivity contribution in [1.82, 2.24) is 14.5 Å². The van der Waals surface area contributed by atoms with E-state index in [9.17, 15) is 0 Å². The molecular formula is C22H24N4. The third kappa shape index (κ3) is 3.11. The zero-order valence-corrected chi connectivity index (χ0v) is 15.4. The molecule has 3 aromatic rings. The van der Waals surface area contributed by atoms with Crippen molar-refractivity contribution in [3.63, 3.8) is 0 Å². The van der Waals surface area contributed by atoms with Crippen LogP contribution >= 0.6 is 0 Å². The molecule has 0 radical (unpaired) electrons. The van der Waals surface area contributed by atoms with E-state index in [2.05, 4.69) is 58.8 Å². The van der Waals surface area contributed by atoms with Crippen LogP contribution in [0, 0.1) is 11.3 Å². The molecule has 1 aliphatic rings. The third-order valence-electron chi connectivity index (χ3n) is 5.69. The van der Waals surface area contributed by atoms with E-state index >= 15 is 0 Å². The Morgan fingerprint density at radius 1 is 1.19 bits per heavy atom. The molecular weight excluding hydrogens is 320 g/mol. The second-order valence-electron chi connectivity index (χ2n) is 7.32. The van der Waals surface area contributed by atoms with Crippen LogP contribution in [0.3, 0.4) is 0 Å². The standard InChI is InChI=1S/C22H24N4/c1-16-4-3-8-26(16)9-7-21-12-19-11-18(5-6-22(19)25(21)2)20-10-17(13-23)14-24-15-20/h5-6,10-12,14-16H,3-4,7-9H2,1-2H3/t16-/m1/s1. The minimum Gasteiger partial charge on any atom is -0.348 e. The van der Waals surface area contributed by atoms with Gasteiger partial charge in [0.2, 0.25) is 0 Å². The van der Waals surface area contributed by atoms with E-state index in [4.69, 9.17) is 5.26 Å². The lowest BCUT2D eigenvalue weighted by atomic mass is 10.0. The van der Waals surface area contributed by atoms with Gasteiger partial charge in [-0.3, -0.25) is 4.98 Å². The van der Waals surface area contributed by atoms with Gasteiger partial charge >= 0.3 is 0 Å². The van der Waals surface area contributed by atoms with Gasteiger partial charge in [0, 0.05) is 60.6 Å². The Bertz CT molecular complexity index is 979. The molecule has 1 fully saturated rings. The minimum absolute atomic E-state index is 0.594. The van der Waals surface area contributed by atoms with Crippen molar-refractivity contribution >= 4 is 10.9 Å². The molecule has 4 rings (SSSR count). The van der Waals surface area contributed by atoms with E-state index in [0.717, 1.165) is 30.1 Å². The average Bonchev–Trinajstić information content (AvgIpc) is 3.22. The Hall–Kier alpha value is -2.64. The van der Waals surface area contributed by atoms with Gasteiger partial charge in [0.05, 0.1) is 5.56 Å². The van der Waals surface area contributed by atoms with Crippen molar-refractivity contribution in [3.8, 4) is 17.2 Å². The zero-order chi connectivity index (χ0) is 18.1. The molecule has 2 aromatic heterocycles. The van der Waals surface area contributed by atoms with E-state index in [1.807, 2.05) is 12.3 Å². The quantitative estimate of drug-likeness (QED) is 0.714. The maximum Gasteiger partial charge on any atom is 0.101 e. The van der Waals surface area contributed by atoms with Crippen molar-refractivity contribution in [2.45, 2.75) is 32.2 Å². The highest BCUT2D eigenvalue weighted by molar-refractivity contribution is 5.86. The molecule has 1 atom stereocenters. The predicted molar refractivity (Wildman–Crippen MR) is 105 cm³/mol. The molecule has 26 heavy (non-hydrogen) atoms. The summed E-state index contributed by atoms with van der Waals surface area (Å²) >= 11 is 0. The molecule has 1 aromatic carbocycles. The molecule has 4 nitrogen and oxygen atoms in total. The van der Waals surface area contributed by atoms with Crippen LogP contribution in [0.15, 0.2) is 42.7 Å². The third-order valence-corrected chi connectivity index (χ3v) is 5.69. The molecule has 132 valence electrons. The Morgan fingerprint density at radius 2 is 2.08 bits per heavy atom. The van der Waals surface area contributed by atoms with Crippen molar-refractivity contribution in [2.24, 2.45) is 7.05 Å². The zero-order valence-electron chi connectivity index (χ0n) is 15.4. The SMILES string of the molecule is C[C@@H]1CCCN1CCc1cc2cc(-c3cncc(C#N)c3)ccc2n1C. The van der Waals surface area contributed by atoms with Gasteiger partial charge in [-0.1, -0.05) is 6.07 Å².